The van der Waals surface area contributed by atoms with Crippen molar-refractivity contribution in [1.29, 1.82) is 0 Å². The van der Waals surface area contributed by atoms with Crippen LogP contribution in [0.25, 0.3) is 5.65 Å². The van der Waals surface area contributed by atoms with Gasteiger partial charge in [-0.1, -0.05) is 19.1 Å². The smallest absolute Gasteiger partial charge is 0.231 e. The van der Waals surface area contributed by atoms with Crippen LogP contribution >= 0.6 is 0 Å². The molecule has 0 aliphatic carbocycles. The Morgan fingerprint density at radius 2 is 2.07 bits per heavy atom. The second-order valence-corrected chi connectivity index (χ2v) is 8.10. The summed E-state index contributed by atoms with van der Waals surface area (Å²) in [5.41, 5.74) is 3.19. The minimum atomic E-state index is 0.0299. The number of carbonyl (C=O) groups is 1. The van der Waals surface area contributed by atoms with Gasteiger partial charge in [-0.15, -0.1) is 0 Å². The van der Waals surface area contributed by atoms with Gasteiger partial charge in [-0.3, -0.25) is 4.79 Å². The highest BCUT2D eigenvalue weighted by atomic mass is 16.7. The van der Waals surface area contributed by atoms with E-state index in [1.54, 1.807) is 0 Å². The summed E-state index contributed by atoms with van der Waals surface area (Å²) < 4.78 is 13.0. The summed E-state index contributed by atoms with van der Waals surface area (Å²) in [6, 6.07) is 12.1. The lowest BCUT2D eigenvalue weighted by Crippen LogP contribution is -2.45. The fourth-order valence-electron chi connectivity index (χ4n) is 4.32. The van der Waals surface area contributed by atoms with Gasteiger partial charge in [0.1, 0.15) is 5.65 Å². The number of benzene rings is 1. The van der Waals surface area contributed by atoms with E-state index >= 15 is 0 Å². The van der Waals surface area contributed by atoms with Gasteiger partial charge in [-0.2, -0.15) is 0 Å². The van der Waals surface area contributed by atoms with Crippen molar-refractivity contribution in [2.75, 3.05) is 13.3 Å². The molecule has 28 heavy (non-hydrogen) atoms. The highest BCUT2D eigenvalue weighted by molar-refractivity contribution is 5.77. The van der Waals surface area contributed by atoms with Gasteiger partial charge in [0.05, 0.1) is 18.4 Å². The Morgan fingerprint density at radius 3 is 3.00 bits per heavy atom. The second kappa shape index (κ2) is 6.55. The Labute approximate surface area is 163 Å². The third-order valence-electron chi connectivity index (χ3n) is 5.78. The maximum atomic E-state index is 12.6. The molecule has 5 rings (SSSR count). The van der Waals surface area contributed by atoms with Crippen LogP contribution in [0.2, 0.25) is 0 Å². The normalized spacial score (nSPS) is 21.5. The first-order chi connectivity index (χ1) is 13.6. The highest BCUT2D eigenvalue weighted by Gasteiger charge is 2.35. The van der Waals surface area contributed by atoms with Gasteiger partial charge in [-0.05, 0) is 48.1 Å². The monoisotopic (exact) mass is 377 g/mol. The fourth-order valence-corrected chi connectivity index (χ4v) is 4.32. The van der Waals surface area contributed by atoms with Crippen molar-refractivity contribution in [2.45, 2.75) is 32.7 Å². The second-order valence-electron chi connectivity index (χ2n) is 8.10. The van der Waals surface area contributed by atoms with E-state index in [9.17, 15) is 4.79 Å². The quantitative estimate of drug-likeness (QED) is 0.699. The van der Waals surface area contributed by atoms with Gasteiger partial charge in [-0.25, -0.2) is 4.98 Å². The van der Waals surface area contributed by atoms with Crippen molar-refractivity contribution in [3.63, 3.8) is 0 Å². The zero-order chi connectivity index (χ0) is 19.1. The molecule has 1 atom stereocenters. The van der Waals surface area contributed by atoms with E-state index in [2.05, 4.69) is 28.4 Å². The van der Waals surface area contributed by atoms with Crippen molar-refractivity contribution in [3.8, 4) is 11.5 Å². The van der Waals surface area contributed by atoms with Crippen LogP contribution in [0.3, 0.4) is 0 Å². The summed E-state index contributed by atoms with van der Waals surface area (Å²) in [5.74, 6) is 1.84. The maximum absolute atomic E-state index is 12.6. The summed E-state index contributed by atoms with van der Waals surface area (Å²) in [4.78, 5) is 19.0. The molecule has 0 bridgehead atoms. The summed E-state index contributed by atoms with van der Waals surface area (Å²) in [6.45, 7) is 3.88. The summed E-state index contributed by atoms with van der Waals surface area (Å²) >= 11 is 0. The van der Waals surface area contributed by atoms with E-state index in [1.807, 2.05) is 41.6 Å². The molecule has 6 heteroatoms. The van der Waals surface area contributed by atoms with Gasteiger partial charge in [0.15, 0.2) is 11.5 Å². The molecular formula is C22H23N3O3. The number of imidazole rings is 1. The standard InChI is InChI=1S/C22H23N3O3/c1-22(11-16-5-6-18-19(10-16)28-15-27-18)8-7-21(26)24(14-22)13-17-12-23-20-4-2-3-9-25(17)20/h2-6,9-10,12H,7-8,11,13-15H2,1H3/t22-/m1/s1. The molecule has 1 saturated heterocycles. The molecule has 0 radical (unpaired) electrons. The van der Waals surface area contributed by atoms with E-state index < -0.39 is 0 Å². The first kappa shape index (κ1) is 17.1. The molecule has 1 fully saturated rings. The maximum Gasteiger partial charge on any atom is 0.231 e. The molecule has 0 saturated carbocycles. The first-order valence-corrected chi connectivity index (χ1v) is 9.67. The Hall–Kier alpha value is -3.02. The van der Waals surface area contributed by atoms with Crippen molar-refractivity contribution in [2.24, 2.45) is 5.41 Å². The van der Waals surface area contributed by atoms with Crippen LogP contribution in [-0.2, 0) is 17.8 Å². The van der Waals surface area contributed by atoms with Crippen molar-refractivity contribution >= 4 is 11.6 Å². The molecule has 1 aromatic carbocycles. The van der Waals surface area contributed by atoms with Crippen LogP contribution in [0.4, 0.5) is 0 Å². The van der Waals surface area contributed by atoms with Crippen molar-refractivity contribution < 1.29 is 14.3 Å². The number of fused-ring (bicyclic) bond motifs is 2. The number of rotatable bonds is 4. The minimum Gasteiger partial charge on any atom is -0.454 e. The Bertz CT molecular complexity index is 1040. The SMILES string of the molecule is C[C@]1(Cc2ccc3c(c2)OCO3)CCC(=O)N(Cc2cnc3ccccn23)C1. The number of carbonyl (C=O) groups excluding carboxylic acids is 1. The molecule has 6 nitrogen and oxygen atoms in total. The largest absolute Gasteiger partial charge is 0.454 e. The predicted molar refractivity (Wildman–Crippen MR) is 104 cm³/mol. The lowest BCUT2D eigenvalue weighted by molar-refractivity contribution is -0.138. The van der Waals surface area contributed by atoms with Gasteiger partial charge in [0.2, 0.25) is 12.7 Å². The number of pyridine rings is 1. The fraction of sp³-hybridized carbons (Fsp3) is 0.364. The Morgan fingerprint density at radius 1 is 1.18 bits per heavy atom. The van der Waals surface area contributed by atoms with Gasteiger partial charge >= 0.3 is 0 Å². The molecule has 0 unspecified atom stereocenters. The number of aromatic nitrogens is 2. The summed E-state index contributed by atoms with van der Waals surface area (Å²) in [7, 11) is 0. The van der Waals surface area contributed by atoms with Crippen molar-refractivity contribution in [1.82, 2.24) is 14.3 Å². The number of piperidine rings is 1. The van der Waals surface area contributed by atoms with E-state index in [4.69, 9.17) is 9.47 Å². The molecule has 0 N–H and O–H groups in total. The Balaban J connectivity index is 1.35. The number of nitrogens with zero attached hydrogens (tertiary/aromatic N) is 3. The lowest BCUT2D eigenvalue weighted by Gasteiger charge is -2.40. The summed E-state index contributed by atoms with van der Waals surface area (Å²) in [6.07, 6.45) is 6.24. The van der Waals surface area contributed by atoms with E-state index in [-0.39, 0.29) is 18.1 Å². The molecule has 1 amide bonds. The third kappa shape index (κ3) is 3.09. The van der Waals surface area contributed by atoms with Crippen LogP contribution in [0.15, 0.2) is 48.8 Å². The number of hydrogen-bond acceptors (Lipinski definition) is 4. The zero-order valence-corrected chi connectivity index (χ0v) is 15.9. The highest BCUT2D eigenvalue weighted by Crippen LogP contribution is 2.38. The van der Waals surface area contributed by atoms with Gasteiger partial charge < -0.3 is 18.8 Å². The molecule has 144 valence electrons. The summed E-state index contributed by atoms with van der Waals surface area (Å²) in [5, 5.41) is 0. The van der Waals surface area contributed by atoms with Crippen LogP contribution in [0.5, 0.6) is 11.5 Å². The number of amides is 1. The molecular weight excluding hydrogens is 354 g/mol. The van der Waals surface area contributed by atoms with Gasteiger partial charge in [0.25, 0.3) is 0 Å². The van der Waals surface area contributed by atoms with E-state index in [0.29, 0.717) is 13.0 Å². The first-order valence-electron chi connectivity index (χ1n) is 9.67. The minimum absolute atomic E-state index is 0.0299. The van der Waals surface area contributed by atoms with Crippen LogP contribution in [0.1, 0.15) is 31.0 Å². The number of ether oxygens (including phenoxy) is 2. The van der Waals surface area contributed by atoms with Crippen molar-refractivity contribution in [3.05, 3.63) is 60.0 Å². The third-order valence-corrected chi connectivity index (χ3v) is 5.78. The van der Waals surface area contributed by atoms with E-state index in [1.165, 1.54) is 5.56 Å². The van der Waals surface area contributed by atoms with Crippen LogP contribution < -0.4 is 9.47 Å². The van der Waals surface area contributed by atoms with Gasteiger partial charge in [0, 0.05) is 19.2 Å². The van der Waals surface area contributed by atoms with Crippen LogP contribution in [-0.4, -0.2) is 33.5 Å². The molecule has 2 aliphatic rings. The zero-order valence-electron chi connectivity index (χ0n) is 15.9. The van der Waals surface area contributed by atoms with E-state index in [0.717, 1.165) is 42.2 Å². The predicted octanol–water partition coefficient (Wildman–Crippen LogP) is 3.43. The molecule has 0 spiro atoms. The molecule has 4 heterocycles. The topological polar surface area (TPSA) is 56.1 Å². The average molecular weight is 377 g/mol. The molecule has 2 aromatic heterocycles. The van der Waals surface area contributed by atoms with Crippen LogP contribution in [0, 0.1) is 5.41 Å². The lowest BCUT2D eigenvalue weighted by atomic mass is 9.76. The Kier molecular flexibility index (Phi) is 4.00. The number of likely N-dealkylation sites (tertiary alicyclic amines) is 1. The number of hydrogen-bond donors (Lipinski definition) is 0. The molecule has 2 aliphatic heterocycles. The molecule has 3 aromatic rings. The average Bonchev–Trinajstić information content (AvgIpc) is 3.32.